The molecule has 0 spiro atoms. The first-order valence-electron chi connectivity index (χ1n) is 5.84. The van der Waals surface area contributed by atoms with E-state index in [9.17, 15) is 0 Å². The van der Waals surface area contributed by atoms with Crippen molar-refractivity contribution >= 4 is 11.3 Å². The van der Waals surface area contributed by atoms with Crippen molar-refractivity contribution in [3.8, 4) is 0 Å². The van der Waals surface area contributed by atoms with Gasteiger partial charge in [0.15, 0.2) is 0 Å². The van der Waals surface area contributed by atoms with Crippen molar-refractivity contribution in [2.24, 2.45) is 7.05 Å². The molecule has 4 heteroatoms. The minimum absolute atomic E-state index is 0.372. The summed E-state index contributed by atoms with van der Waals surface area (Å²) in [6.45, 7) is 7.36. The van der Waals surface area contributed by atoms with Crippen LogP contribution in [0.4, 0.5) is 0 Å². The highest BCUT2D eigenvalue weighted by Gasteiger charge is 2.11. The molecule has 0 bridgehead atoms. The van der Waals surface area contributed by atoms with E-state index in [0.29, 0.717) is 6.04 Å². The third kappa shape index (κ3) is 2.76. The lowest BCUT2D eigenvalue weighted by Gasteiger charge is -2.13. The lowest BCUT2D eigenvalue weighted by atomic mass is 10.1. The summed E-state index contributed by atoms with van der Waals surface area (Å²) in [6, 6.07) is 2.65. The summed E-state index contributed by atoms with van der Waals surface area (Å²) in [4.78, 5) is 7.09. The predicted octanol–water partition coefficient (Wildman–Crippen LogP) is 2.95. The summed E-state index contributed by atoms with van der Waals surface area (Å²) in [7, 11) is 2.02. The smallest absolute Gasteiger partial charge is 0.122 e. The SMILES string of the molecule is Cc1cc(C(C)NCc2nccn2C)c(C)s1. The number of aryl methyl sites for hydroxylation is 3. The van der Waals surface area contributed by atoms with Gasteiger partial charge in [-0.3, -0.25) is 0 Å². The monoisotopic (exact) mass is 249 g/mol. The zero-order valence-corrected chi connectivity index (χ0v) is 11.6. The number of hydrogen-bond donors (Lipinski definition) is 1. The Kier molecular flexibility index (Phi) is 3.64. The first-order chi connectivity index (χ1) is 8.08. The normalized spacial score (nSPS) is 12.9. The van der Waals surface area contributed by atoms with E-state index in [-0.39, 0.29) is 0 Å². The first kappa shape index (κ1) is 12.3. The van der Waals surface area contributed by atoms with Gasteiger partial charge in [-0.1, -0.05) is 0 Å². The van der Waals surface area contributed by atoms with Crippen LogP contribution in [0.2, 0.25) is 0 Å². The molecule has 1 atom stereocenters. The molecule has 1 N–H and O–H groups in total. The fraction of sp³-hybridized carbons (Fsp3) is 0.462. The Balaban J connectivity index is 2.00. The van der Waals surface area contributed by atoms with Crippen LogP contribution in [0, 0.1) is 13.8 Å². The minimum atomic E-state index is 0.372. The Hall–Kier alpha value is -1.13. The second-order valence-electron chi connectivity index (χ2n) is 4.43. The van der Waals surface area contributed by atoms with E-state index < -0.39 is 0 Å². The molecule has 3 nitrogen and oxygen atoms in total. The highest BCUT2D eigenvalue weighted by atomic mass is 32.1. The number of nitrogens with one attached hydrogen (secondary N) is 1. The van der Waals surface area contributed by atoms with Gasteiger partial charge in [0.1, 0.15) is 5.82 Å². The van der Waals surface area contributed by atoms with Crippen molar-refractivity contribution in [1.82, 2.24) is 14.9 Å². The van der Waals surface area contributed by atoms with Crippen LogP contribution in [0.3, 0.4) is 0 Å². The Labute approximate surface area is 107 Å². The fourth-order valence-corrected chi connectivity index (χ4v) is 3.02. The summed E-state index contributed by atoms with van der Waals surface area (Å²) >= 11 is 1.86. The molecule has 2 heterocycles. The van der Waals surface area contributed by atoms with Gasteiger partial charge in [-0.15, -0.1) is 11.3 Å². The summed E-state index contributed by atoms with van der Waals surface area (Å²) < 4.78 is 2.05. The highest BCUT2D eigenvalue weighted by molar-refractivity contribution is 7.12. The van der Waals surface area contributed by atoms with E-state index in [4.69, 9.17) is 0 Å². The lowest BCUT2D eigenvalue weighted by molar-refractivity contribution is 0.548. The van der Waals surface area contributed by atoms with Crippen molar-refractivity contribution in [1.29, 1.82) is 0 Å². The molecule has 0 saturated carbocycles. The molecule has 2 aromatic heterocycles. The zero-order valence-electron chi connectivity index (χ0n) is 10.8. The van der Waals surface area contributed by atoms with Gasteiger partial charge in [-0.2, -0.15) is 0 Å². The van der Waals surface area contributed by atoms with Gasteiger partial charge in [-0.05, 0) is 32.4 Å². The molecule has 0 aliphatic heterocycles. The molecule has 0 amide bonds. The largest absolute Gasteiger partial charge is 0.337 e. The molecule has 1 unspecified atom stereocenters. The van der Waals surface area contributed by atoms with Gasteiger partial charge in [0, 0.05) is 35.2 Å². The molecule has 0 aliphatic carbocycles. The molecule has 0 fully saturated rings. The molecule has 0 radical (unpaired) electrons. The molecule has 2 rings (SSSR count). The number of hydrogen-bond acceptors (Lipinski definition) is 3. The van der Waals surface area contributed by atoms with Crippen LogP contribution in [-0.4, -0.2) is 9.55 Å². The highest BCUT2D eigenvalue weighted by Crippen LogP contribution is 2.26. The van der Waals surface area contributed by atoms with Crippen molar-refractivity contribution in [2.75, 3.05) is 0 Å². The Morgan fingerprint density at radius 2 is 2.24 bits per heavy atom. The summed E-state index contributed by atoms with van der Waals surface area (Å²) in [6.07, 6.45) is 3.81. The molecule has 0 aromatic carbocycles. The maximum absolute atomic E-state index is 4.31. The summed E-state index contributed by atoms with van der Waals surface area (Å²) in [5, 5.41) is 3.52. The predicted molar refractivity (Wildman–Crippen MR) is 72.3 cm³/mol. The van der Waals surface area contributed by atoms with Gasteiger partial charge in [0.25, 0.3) is 0 Å². The Bertz CT molecular complexity index is 498. The van der Waals surface area contributed by atoms with Crippen LogP contribution in [0.25, 0.3) is 0 Å². The van der Waals surface area contributed by atoms with Gasteiger partial charge in [-0.25, -0.2) is 4.98 Å². The Morgan fingerprint density at radius 1 is 1.47 bits per heavy atom. The van der Waals surface area contributed by atoms with Gasteiger partial charge < -0.3 is 9.88 Å². The quantitative estimate of drug-likeness (QED) is 0.903. The van der Waals surface area contributed by atoms with Crippen LogP contribution in [-0.2, 0) is 13.6 Å². The number of nitrogens with zero attached hydrogens (tertiary/aromatic N) is 2. The minimum Gasteiger partial charge on any atom is -0.337 e. The second-order valence-corrected chi connectivity index (χ2v) is 5.89. The number of aromatic nitrogens is 2. The van der Waals surface area contributed by atoms with Crippen LogP contribution >= 0.6 is 11.3 Å². The van der Waals surface area contributed by atoms with E-state index in [1.165, 1.54) is 15.3 Å². The van der Waals surface area contributed by atoms with Crippen molar-refractivity contribution in [3.05, 3.63) is 39.6 Å². The topological polar surface area (TPSA) is 29.9 Å². The summed E-state index contributed by atoms with van der Waals surface area (Å²) in [5.74, 6) is 1.07. The van der Waals surface area contributed by atoms with E-state index in [2.05, 4.69) is 37.1 Å². The molecular formula is C13H19N3S. The van der Waals surface area contributed by atoms with E-state index >= 15 is 0 Å². The van der Waals surface area contributed by atoms with E-state index in [1.54, 1.807) is 0 Å². The molecule has 0 aliphatic rings. The number of thiophene rings is 1. The van der Waals surface area contributed by atoms with Crippen LogP contribution < -0.4 is 5.32 Å². The maximum Gasteiger partial charge on any atom is 0.122 e. The van der Waals surface area contributed by atoms with Crippen molar-refractivity contribution < 1.29 is 0 Å². The van der Waals surface area contributed by atoms with E-state index in [0.717, 1.165) is 12.4 Å². The molecule has 92 valence electrons. The number of rotatable bonds is 4. The molecule has 2 aromatic rings. The molecule has 0 saturated heterocycles. The summed E-state index contributed by atoms with van der Waals surface area (Å²) in [5.41, 5.74) is 1.40. The average Bonchev–Trinajstić information content (AvgIpc) is 2.81. The van der Waals surface area contributed by atoms with Gasteiger partial charge in [0.05, 0.1) is 6.54 Å². The van der Waals surface area contributed by atoms with Gasteiger partial charge >= 0.3 is 0 Å². The maximum atomic E-state index is 4.31. The van der Waals surface area contributed by atoms with Crippen molar-refractivity contribution in [3.63, 3.8) is 0 Å². The zero-order chi connectivity index (χ0) is 12.4. The lowest BCUT2D eigenvalue weighted by Crippen LogP contribution is -2.20. The number of imidazole rings is 1. The third-order valence-electron chi connectivity index (χ3n) is 3.03. The molecular weight excluding hydrogens is 230 g/mol. The van der Waals surface area contributed by atoms with Crippen LogP contribution in [0.1, 0.15) is 34.1 Å². The fourth-order valence-electron chi connectivity index (χ4n) is 2.00. The first-order valence-corrected chi connectivity index (χ1v) is 6.66. The van der Waals surface area contributed by atoms with Crippen LogP contribution in [0.5, 0.6) is 0 Å². The van der Waals surface area contributed by atoms with Crippen LogP contribution in [0.15, 0.2) is 18.5 Å². The standard InChI is InChI=1S/C13H19N3S/c1-9-7-12(11(3)17-9)10(2)15-8-13-14-5-6-16(13)4/h5-7,10,15H,8H2,1-4H3. The molecule has 17 heavy (non-hydrogen) atoms. The van der Waals surface area contributed by atoms with E-state index in [1.807, 2.05) is 35.3 Å². The van der Waals surface area contributed by atoms with Gasteiger partial charge in [0.2, 0.25) is 0 Å². The second kappa shape index (κ2) is 5.02. The third-order valence-corrected chi connectivity index (χ3v) is 4.01. The average molecular weight is 249 g/mol. The Morgan fingerprint density at radius 3 is 2.76 bits per heavy atom. The van der Waals surface area contributed by atoms with Crippen molar-refractivity contribution in [2.45, 2.75) is 33.4 Å².